The number of carbonyl (C=O) groups excluding carboxylic acids is 2. The van der Waals surface area contributed by atoms with Crippen molar-refractivity contribution in [3.8, 4) is 0 Å². The number of likely N-dealkylation sites (N-methyl/N-ethyl adjacent to an activating group) is 1. The van der Waals surface area contributed by atoms with E-state index in [4.69, 9.17) is 4.42 Å². The Balaban J connectivity index is 1.52. The third-order valence-electron chi connectivity index (χ3n) is 7.19. The molecule has 2 fully saturated rings. The Labute approximate surface area is 184 Å². The third kappa shape index (κ3) is 4.79. The van der Waals surface area contributed by atoms with Gasteiger partial charge in [-0.3, -0.25) is 9.59 Å². The van der Waals surface area contributed by atoms with Crippen LogP contribution in [0.2, 0.25) is 0 Å². The molecule has 6 heteroatoms. The van der Waals surface area contributed by atoms with E-state index >= 15 is 0 Å². The summed E-state index contributed by atoms with van der Waals surface area (Å²) in [5.41, 5.74) is 2.05. The number of nitrogens with one attached hydrogen (secondary N) is 2. The van der Waals surface area contributed by atoms with E-state index in [-0.39, 0.29) is 29.8 Å². The van der Waals surface area contributed by atoms with E-state index in [9.17, 15) is 9.59 Å². The maximum Gasteiger partial charge on any atom is 0.245 e. The zero-order valence-corrected chi connectivity index (χ0v) is 18.7. The van der Waals surface area contributed by atoms with Gasteiger partial charge >= 0.3 is 0 Å². The number of amides is 2. The number of benzene rings is 1. The van der Waals surface area contributed by atoms with Crippen LogP contribution in [0, 0.1) is 5.92 Å². The maximum absolute atomic E-state index is 13.8. The lowest BCUT2D eigenvalue weighted by Gasteiger charge is -2.35. The van der Waals surface area contributed by atoms with Crippen LogP contribution in [0.3, 0.4) is 0 Å². The molecule has 31 heavy (non-hydrogen) atoms. The van der Waals surface area contributed by atoms with Crippen LogP contribution in [-0.2, 0) is 16.0 Å². The van der Waals surface area contributed by atoms with Gasteiger partial charge in [0.25, 0.3) is 0 Å². The summed E-state index contributed by atoms with van der Waals surface area (Å²) < 4.78 is 5.72. The van der Waals surface area contributed by atoms with Crippen molar-refractivity contribution in [3.63, 3.8) is 0 Å². The molecule has 2 N–H and O–H groups in total. The number of para-hydroxylation sites is 1. The van der Waals surface area contributed by atoms with Gasteiger partial charge in [-0.05, 0) is 58.1 Å². The van der Waals surface area contributed by atoms with Crippen molar-refractivity contribution in [1.29, 1.82) is 0 Å². The number of fused-ring (bicyclic) bond motifs is 1. The second kappa shape index (κ2) is 9.86. The molecule has 2 aromatic rings. The Morgan fingerprint density at radius 2 is 1.90 bits per heavy atom. The summed E-state index contributed by atoms with van der Waals surface area (Å²) in [7, 11) is 1.77. The average molecular weight is 426 g/mol. The minimum absolute atomic E-state index is 0.0944. The zero-order chi connectivity index (χ0) is 21.8. The first-order valence-corrected chi connectivity index (χ1v) is 11.8. The number of furan rings is 1. The first-order chi connectivity index (χ1) is 15.1. The van der Waals surface area contributed by atoms with Crippen LogP contribution >= 0.6 is 0 Å². The fraction of sp³-hybridized carbons (Fsp3) is 0.600. The van der Waals surface area contributed by atoms with E-state index in [1.807, 2.05) is 36.3 Å². The van der Waals surface area contributed by atoms with Crippen molar-refractivity contribution in [2.75, 3.05) is 13.6 Å². The maximum atomic E-state index is 13.8. The van der Waals surface area contributed by atoms with Gasteiger partial charge in [-0.2, -0.15) is 0 Å². The van der Waals surface area contributed by atoms with Crippen molar-refractivity contribution >= 4 is 22.8 Å². The van der Waals surface area contributed by atoms with Crippen LogP contribution in [-0.4, -0.2) is 48.4 Å². The van der Waals surface area contributed by atoms with Crippen LogP contribution in [0.15, 0.2) is 34.9 Å². The molecule has 1 saturated carbocycles. The first-order valence-electron chi connectivity index (χ1n) is 11.8. The molecule has 0 spiro atoms. The molecule has 3 atom stereocenters. The summed E-state index contributed by atoms with van der Waals surface area (Å²) >= 11 is 0. The lowest BCUT2D eigenvalue weighted by molar-refractivity contribution is -0.139. The van der Waals surface area contributed by atoms with Gasteiger partial charge in [0.1, 0.15) is 11.6 Å². The van der Waals surface area contributed by atoms with Crippen molar-refractivity contribution in [1.82, 2.24) is 15.5 Å². The molecule has 6 nitrogen and oxygen atoms in total. The SMILES string of the molecule is CN[C@@H](C)C(=O)N[C@H](C(=O)N1CCC[C@H]1Cc1coc2ccccc12)C1CCCCC1. The Kier molecular flexibility index (Phi) is 6.96. The van der Waals surface area contributed by atoms with Crippen molar-refractivity contribution in [2.24, 2.45) is 5.92 Å². The molecule has 0 unspecified atom stereocenters. The molecule has 168 valence electrons. The average Bonchev–Trinajstić information content (AvgIpc) is 3.44. The highest BCUT2D eigenvalue weighted by Gasteiger charge is 2.38. The van der Waals surface area contributed by atoms with Crippen molar-refractivity contribution in [2.45, 2.75) is 76.4 Å². The van der Waals surface area contributed by atoms with Gasteiger partial charge in [0.05, 0.1) is 12.3 Å². The predicted molar refractivity (Wildman–Crippen MR) is 122 cm³/mol. The summed E-state index contributed by atoms with van der Waals surface area (Å²) in [5.74, 6) is 0.229. The second-order valence-electron chi connectivity index (χ2n) is 9.18. The molecule has 2 amide bonds. The van der Waals surface area contributed by atoms with Gasteiger partial charge in [0.2, 0.25) is 11.8 Å². The Morgan fingerprint density at radius 1 is 1.13 bits per heavy atom. The number of rotatable bonds is 7. The van der Waals surface area contributed by atoms with E-state index in [1.165, 1.54) is 6.42 Å². The lowest BCUT2D eigenvalue weighted by Crippen LogP contribution is -2.56. The normalized spacial score (nSPS) is 21.9. The molecule has 1 saturated heterocycles. The molecule has 1 aliphatic heterocycles. The van der Waals surface area contributed by atoms with Crippen molar-refractivity contribution < 1.29 is 14.0 Å². The molecule has 1 aromatic heterocycles. The van der Waals surface area contributed by atoms with E-state index < -0.39 is 6.04 Å². The van der Waals surface area contributed by atoms with Crippen molar-refractivity contribution in [3.05, 3.63) is 36.1 Å². The number of carbonyl (C=O) groups is 2. The third-order valence-corrected chi connectivity index (χ3v) is 7.19. The number of hydrogen-bond acceptors (Lipinski definition) is 4. The van der Waals surface area contributed by atoms with E-state index in [0.717, 1.165) is 68.0 Å². The number of nitrogens with zero attached hydrogens (tertiary/aromatic N) is 1. The largest absolute Gasteiger partial charge is 0.464 e. The summed E-state index contributed by atoms with van der Waals surface area (Å²) in [6.07, 6.45) is 10.1. The summed E-state index contributed by atoms with van der Waals surface area (Å²) in [5, 5.41) is 7.23. The van der Waals surface area contributed by atoms with E-state index in [2.05, 4.69) is 16.7 Å². The van der Waals surface area contributed by atoms with Gasteiger partial charge in [-0.25, -0.2) is 0 Å². The second-order valence-corrected chi connectivity index (χ2v) is 9.18. The molecule has 4 rings (SSSR count). The van der Waals surface area contributed by atoms with Gasteiger partial charge in [0, 0.05) is 23.5 Å². The van der Waals surface area contributed by atoms with Gasteiger partial charge in [-0.1, -0.05) is 37.5 Å². The van der Waals surface area contributed by atoms with E-state index in [1.54, 1.807) is 7.05 Å². The quantitative estimate of drug-likeness (QED) is 0.710. The van der Waals surface area contributed by atoms with Crippen LogP contribution in [0.4, 0.5) is 0 Å². The van der Waals surface area contributed by atoms with Gasteiger partial charge in [0.15, 0.2) is 0 Å². The van der Waals surface area contributed by atoms with Crippen LogP contribution < -0.4 is 10.6 Å². The fourth-order valence-electron chi connectivity index (χ4n) is 5.22. The Hall–Kier alpha value is -2.34. The lowest BCUT2D eigenvalue weighted by atomic mass is 9.83. The Bertz CT molecular complexity index is 902. The monoisotopic (exact) mass is 425 g/mol. The van der Waals surface area contributed by atoms with Crippen LogP contribution in [0.1, 0.15) is 57.4 Å². The number of hydrogen-bond donors (Lipinski definition) is 2. The van der Waals surface area contributed by atoms with Gasteiger partial charge in [-0.15, -0.1) is 0 Å². The predicted octanol–water partition coefficient (Wildman–Crippen LogP) is 3.64. The number of likely N-dealkylation sites (tertiary alicyclic amines) is 1. The summed E-state index contributed by atoms with van der Waals surface area (Å²) in [6.45, 7) is 2.60. The van der Waals surface area contributed by atoms with Crippen LogP contribution in [0.5, 0.6) is 0 Å². The molecule has 2 aliphatic rings. The molecular formula is C25H35N3O3. The fourth-order valence-corrected chi connectivity index (χ4v) is 5.22. The Morgan fingerprint density at radius 3 is 2.68 bits per heavy atom. The summed E-state index contributed by atoms with van der Waals surface area (Å²) in [6, 6.07) is 7.48. The van der Waals surface area contributed by atoms with E-state index in [0.29, 0.717) is 0 Å². The highest BCUT2D eigenvalue weighted by atomic mass is 16.3. The molecule has 0 radical (unpaired) electrons. The first kappa shape index (κ1) is 21.9. The highest BCUT2D eigenvalue weighted by Crippen LogP contribution is 2.31. The molecule has 2 heterocycles. The molecule has 1 aliphatic carbocycles. The highest BCUT2D eigenvalue weighted by molar-refractivity contribution is 5.90. The molecule has 0 bridgehead atoms. The molecule has 1 aromatic carbocycles. The van der Waals surface area contributed by atoms with Crippen LogP contribution in [0.25, 0.3) is 11.0 Å². The molecular weight excluding hydrogens is 390 g/mol. The van der Waals surface area contributed by atoms with Gasteiger partial charge < -0.3 is 20.0 Å². The topological polar surface area (TPSA) is 74.6 Å². The minimum atomic E-state index is -0.426. The minimum Gasteiger partial charge on any atom is -0.464 e. The zero-order valence-electron chi connectivity index (χ0n) is 18.7. The standard InChI is InChI=1S/C25H35N3O3/c1-17(26-2)24(29)27-23(18-9-4-3-5-10-18)25(30)28-14-8-11-20(28)15-19-16-31-22-13-7-6-12-21(19)22/h6-7,12-13,16-18,20,23,26H,3-5,8-11,14-15H2,1-2H3,(H,27,29)/t17-,20-,23-/m0/s1. The summed E-state index contributed by atoms with van der Waals surface area (Å²) in [4.78, 5) is 28.5. The smallest absolute Gasteiger partial charge is 0.245 e.